The quantitative estimate of drug-likeness (QED) is 0.199. The highest BCUT2D eigenvalue weighted by Crippen LogP contribution is 2.63. The van der Waals surface area contributed by atoms with Gasteiger partial charge in [-0.25, -0.2) is 9.59 Å². The van der Waals surface area contributed by atoms with Crippen molar-refractivity contribution >= 4 is 22.1 Å². The van der Waals surface area contributed by atoms with Gasteiger partial charge in [-0.3, -0.25) is 4.55 Å². The van der Waals surface area contributed by atoms with E-state index in [-0.39, 0.29) is 37.4 Å². The van der Waals surface area contributed by atoms with E-state index in [1.54, 1.807) is 0 Å². The van der Waals surface area contributed by atoms with Gasteiger partial charge < -0.3 is 24.1 Å². The van der Waals surface area contributed by atoms with Crippen LogP contribution in [-0.4, -0.2) is 77.5 Å². The molecule has 0 amide bonds. The molecule has 0 aromatic heterocycles. The Morgan fingerprint density at radius 3 is 1.98 bits per heavy atom. The maximum atomic E-state index is 13.5. The van der Waals surface area contributed by atoms with Crippen LogP contribution in [0.15, 0.2) is 0 Å². The number of hydrogen-bond acceptors (Lipinski definition) is 9. The van der Waals surface area contributed by atoms with Gasteiger partial charge in [0.2, 0.25) is 0 Å². The number of alkyl halides is 2. The summed E-state index contributed by atoms with van der Waals surface area (Å²) in [6.45, 7) is 3.06. The highest BCUT2D eigenvalue weighted by Gasteiger charge is 2.65. The zero-order chi connectivity index (χ0) is 30.3. The Bertz CT molecular complexity index is 1190. The molecule has 42 heavy (non-hydrogen) atoms. The predicted molar refractivity (Wildman–Crippen MR) is 142 cm³/mol. The molecule has 10 nitrogen and oxygen atoms in total. The summed E-state index contributed by atoms with van der Waals surface area (Å²) in [6, 6.07) is 0. The van der Waals surface area contributed by atoms with Gasteiger partial charge in [-0.1, -0.05) is 13.8 Å². The van der Waals surface area contributed by atoms with Crippen molar-refractivity contribution < 1.29 is 55.4 Å². The van der Waals surface area contributed by atoms with Crippen molar-refractivity contribution in [1.29, 1.82) is 0 Å². The fourth-order valence-corrected chi connectivity index (χ4v) is 11.0. The van der Waals surface area contributed by atoms with Crippen LogP contribution in [0.5, 0.6) is 0 Å². The number of esters is 2. The first-order valence-electron chi connectivity index (χ1n) is 15.2. The minimum absolute atomic E-state index is 0.0557. The smallest absolute Gasteiger partial charge is 0.458 e. The number of aliphatic hydroxyl groups is 1. The largest absolute Gasteiger partial charge is 0.465 e. The van der Waals surface area contributed by atoms with E-state index in [1.807, 2.05) is 0 Å². The molecule has 8 fully saturated rings. The molecule has 0 aromatic rings. The van der Waals surface area contributed by atoms with E-state index >= 15 is 0 Å². The first-order chi connectivity index (χ1) is 19.5. The molecule has 8 saturated carbocycles. The van der Waals surface area contributed by atoms with Crippen LogP contribution in [0, 0.1) is 35.5 Å². The molecule has 8 bridgehead atoms. The monoisotopic (exact) mass is 620 g/mol. The van der Waals surface area contributed by atoms with Gasteiger partial charge in [-0.15, -0.1) is 0 Å². The molecule has 8 aliphatic rings. The summed E-state index contributed by atoms with van der Waals surface area (Å²) in [6.07, 6.45) is 8.53. The minimum Gasteiger partial charge on any atom is -0.458 e. The van der Waals surface area contributed by atoms with Crippen molar-refractivity contribution in [2.45, 2.75) is 112 Å². The van der Waals surface area contributed by atoms with Crippen molar-refractivity contribution in [3.8, 4) is 0 Å². The van der Waals surface area contributed by atoms with Crippen LogP contribution < -0.4 is 0 Å². The third-order valence-corrected chi connectivity index (χ3v) is 12.1. The van der Waals surface area contributed by atoms with Crippen molar-refractivity contribution in [2.75, 3.05) is 19.8 Å². The van der Waals surface area contributed by atoms with Crippen LogP contribution in [0.25, 0.3) is 0 Å². The van der Waals surface area contributed by atoms with E-state index in [4.69, 9.17) is 18.8 Å². The van der Waals surface area contributed by atoms with Gasteiger partial charge in [0.15, 0.2) is 0 Å². The highest BCUT2D eigenvalue weighted by molar-refractivity contribution is 7.87. The molecule has 4 atom stereocenters. The molecule has 8 rings (SSSR count). The molecule has 0 radical (unpaired) electrons. The fourth-order valence-electron chi connectivity index (χ4n) is 10.7. The Morgan fingerprint density at radius 1 is 0.881 bits per heavy atom. The Morgan fingerprint density at radius 2 is 1.45 bits per heavy atom. The summed E-state index contributed by atoms with van der Waals surface area (Å²) < 4.78 is 80.2. The molecular weight excluding hydrogens is 578 g/mol. The molecule has 2 N–H and O–H groups in total. The van der Waals surface area contributed by atoms with Crippen LogP contribution in [-0.2, 0) is 38.7 Å². The van der Waals surface area contributed by atoms with Gasteiger partial charge in [0.1, 0.15) is 18.8 Å². The molecule has 4 unspecified atom stereocenters. The Balaban J connectivity index is 1.08. The summed E-state index contributed by atoms with van der Waals surface area (Å²) in [4.78, 5) is 24.9. The van der Waals surface area contributed by atoms with Gasteiger partial charge in [-0.2, -0.15) is 17.2 Å². The SMILES string of the molecule is CC(C)C1(OC(=O)COC23CC4CC(O)(CC(OCCOC(=O)C(F)(F)S(=O)(=O)O)(C4)C2)C3)C2CC3CC(C2)CC1C3. The fraction of sp³-hybridized carbons (Fsp3) is 0.931. The first-order valence-corrected chi connectivity index (χ1v) is 16.7. The predicted octanol–water partition coefficient (Wildman–Crippen LogP) is 3.64. The Labute approximate surface area is 244 Å². The third kappa shape index (κ3) is 5.08. The number of ether oxygens (including phenoxy) is 4. The third-order valence-electron chi connectivity index (χ3n) is 11.3. The number of rotatable bonds is 11. The average Bonchev–Trinajstić information content (AvgIpc) is 2.85. The molecule has 0 aromatic carbocycles. The first kappa shape index (κ1) is 30.6. The van der Waals surface area contributed by atoms with E-state index in [0.717, 1.165) is 37.5 Å². The molecule has 0 heterocycles. The van der Waals surface area contributed by atoms with Crippen molar-refractivity contribution in [3.05, 3.63) is 0 Å². The molecule has 0 spiro atoms. The second-order valence-electron chi connectivity index (χ2n) is 14.7. The molecule has 8 aliphatic carbocycles. The Kier molecular flexibility index (Phi) is 7.32. The molecule has 13 heteroatoms. The van der Waals surface area contributed by atoms with Gasteiger partial charge >= 0.3 is 27.3 Å². The van der Waals surface area contributed by atoms with Gasteiger partial charge in [0.25, 0.3) is 0 Å². The summed E-state index contributed by atoms with van der Waals surface area (Å²) >= 11 is 0. The number of carbonyl (C=O) groups is 2. The van der Waals surface area contributed by atoms with Crippen molar-refractivity contribution in [3.63, 3.8) is 0 Å². The average molecular weight is 621 g/mol. The number of hydrogen-bond donors (Lipinski definition) is 2. The maximum Gasteiger partial charge on any atom is 0.465 e. The van der Waals surface area contributed by atoms with E-state index in [2.05, 4.69) is 18.6 Å². The molecule has 0 saturated heterocycles. The molecular formula is C29H42F2O10S. The zero-order valence-corrected chi connectivity index (χ0v) is 25.0. The van der Waals surface area contributed by atoms with Crippen LogP contribution in [0.4, 0.5) is 8.78 Å². The second-order valence-corrected chi connectivity index (χ2v) is 16.1. The Hall–Kier alpha value is -1.41. The van der Waals surface area contributed by atoms with Gasteiger partial charge in [0, 0.05) is 19.3 Å². The van der Waals surface area contributed by atoms with Crippen molar-refractivity contribution in [2.24, 2.45) is 35.5 Å². The zero-order valence-electron chi connectivity index (χ0n) is 24.2. The summed E-state index contributed by atoms with van der Waals surface area (Å²) in [5.74, 6) is -0.306. The molecule has 0 aliphatic heterocycles. The molecule has 238 valence electrons. The standard InChI is InChI=1S/C29H42F2O10S/c1-17(2)28(21-6-18-5-19(8-21)9-22(28)7-18)41-23(32)13-40-27-12-20-10-25(34,15-27)14-26(11-20,16-27)39-4-3-38-24(33)29(30,31)42(35,36)37/h17-22,34H,3-16H2,1-2H3,(H,35,36,37). The van der Waals surface area contributed by atoms with Crippen LogP contribution in [0.2, 0.25) is 0 Å². The summed E-state index contributed by atoms with van der Waals surface area (Å²) in [7, 11) is -5.96. The van der Waals surface area contributed by atoms with Crippen LogP contribution in [0.3, 0.4) is 0 Å². The summed E-state index contributed by atoms with van der Waals surface area (Å²) in [5.41, 5.74) is -3.26. The topological polar surface area (TPSA) is 146 Å². The lowest BCUT2D eigenvalue weighted by Crippen LogP contribution is -2.67. The number of carbonyl (C=O) groups excluding carboxylic acids is 2. The summed E-state index contributed by atoms with van der Waals surface area (Å²) in [5, 5.41) is 6.31. The van der Waals surface area contributed by atoms with E-state index in [0.29, 0.717) is 43.9 Å². The normalized spacial score (nSPS) is 43.6. The van der Waals surface area contributed by atoms with Gasteiger partial charge in [0.05, 0.1) is 23.4 Å². The van der Waals surface area contributed by atoms with E-state index in [1.165, 1.54) is 6.42 Å². The maximum absolute atomic E-state index is 13.5. The van der Waals surface area contributed by atoms with Crippen molar-refractivity contribution in [1.82, 2.24) is 0 Å². The van der Waals surface area contributed by atoms with Crippen LogP contribution >= 0.6 is 0 Å². The van der Waals surface area contributed by atoms with Crippen LogP contribution in [0.1, 0.15) is 84.5 Å². The lowest BCUT2D eigenvalue weighted by atomic mass is 9.47. The highest BCUT2D eigenvalue weighted by atomic mass is 32.2. The lowest BCUT2D eigenvalue weighted by molar-refractivity contribution is -0.284. The van der Waals surface area contributed by atoms with Gasteiger partial charge in [-0.05, 0) is 86.9 Å². The number of halogens is 2. The lowest BCUT2D eigenvalue weighted by Gasteiger charge is -2.64. The minimum atomic E-state index is -5.96. The van der Waals surface area contributed by atoms with E-state index in [9.17, 15) is 31.9 Å². The van der Waals surface area contributed by atoms with E-state index < -0.39 is 50.4 Å². The second kappa shape index (κ2) is 10.1.